The molecule has 0 aromatic rings. The first kappa shape index (κ1) is 9.98. The van der Waals surface area contributed by atoms with Gasteiger partial charge in [0, 0.05) is 6.61 Å². The molecule has 10 heavy (non-hydrogen) atoms. The Bertz CT molecular complexity index is 104. The van der Waals surface area contributed by atoms with Crippen molar-refractivity contribution in [2.75, 3.05) is 18.1 Å². The molecule has 1 unspecified atom stereocenters. The topological polar surface area (TPSA) is 37.3 Å². The van der Waals surface area contributed by atoms with Crippen molar-refractivity contribution in [3.8, 4) is 0 Å². The molecule has 0 amide bonds. The van der Waals surface area contributed by atoms with Crippen LogP contribution in [0.4, 0.5) is 0 Å². The molecule has 0 rings (SSSR count). The lowest BCUT2D eigenvalue weighted by atomic mass is 10.2. The number of Topliss-reactive ketones (excluding diaryl/α,β-unsaturated/α-hetero) is 1. The maximum absolute atomic E-state index is 10.4. The summed E-state index contributed by atoms with van der Waals surface area (Å²) >= 11 is 1.58. The summed E-state index contributed by atoms with van der Waals surface area (Å²) in [4.78, 5) is 10.4. The zero-order chi connectivity index (χ0) is 7.98. The molecule has 0 heterocycles. The van der Waals surface area contributed by atoms with Crippen LogP contribution in [0.3, 0.4) is 0 Å². The van der Waals surface area contributed by atoms with Crippen LogP contribution in [0.5, 0.6) is 0 Å². The minimum absolute atomic E-state index is 0.204. The van der Waals surface area contributed by atoms with Crippen LogP contribution in [-0.4, -0.2) is 29.0 Å². The first-order valence-electron chi connectivity index (χ1n) is 3.35. The second kappa shape index (κ2) is 5.74. The van der Waals surface area contributed by atoms with Crippen LogP contribution in [0.15, 0.2) is 0 Å². The van der Waals surface area contributed by atoms with Gasteiger partial charge in [-0.25, -0.2) is 0 Å². The van der Waals surface area contributed by atoms with E-state index in [0.717, 1.165) is 5.75 Å². The van der Waals surface area contributed by atoms with E-state index in [0.29, 0.717) is 11.7 Å². The Labute approximate surface area is 66.0 Å². The molecular formula is C7H14O2S. The molecule has 60 valence electrons. The van der Waals surface area contributed by atoms with Crippen LogP contribution in [0.2, 0.25) is 0 Å². The Kier molecular flexibility index (Phi) is 5.73. The van der Waals surface area contributed by atoms with Crippen molar-refractivity contribution in [3.63, 3.8) is 0 Å². The molecule has 0 aliphatic heterocycles. The van der Waals surface area contributed by atoms with E-state index in [1.165, 1.54) is 0 Å². The Morgan fingerprint density at radius 1 is 1.70 bits per heavy atom. The number of hydrogen-bond acceptors (Lipinski definition) is 3. The van der Waals surface area contributed by atoms with E-state index >= 15 is 0 Å². The fourth-order valence-electron chi connectivity index (χ4n) is 0.457. The quantitative estimate of drug-likeness (QED) is 0.653. The maximum Gasteiger partial charge on any atom is 0.139 e. The molecule has 1 atom stereocenters. The van der Waals surface area contributed by atoms with Gasteiger partial charge >= 0.3 is 0 Å². The van der Waals surface area contributed by atoms with Gasteiger partial charge in [0.25, 0.3) is 0 Å². The smallest absolute Gasteiger partial charge is 0.139 e. The van der Waals surface area contributed by atoms with Crippen molar-refractivity contribution in [3.05, 3.63) is 0 Å². The molecule has 0 aliphatic rings. The third-order valence-electron chi connectivity index (χ3n) is 1.02. The molecule has 0 saturated carbocycles. The average Bonchev–Trinajstić information content (AvgIpc) is 1.87. The zero-order valence-corrected chi connectivity index (χ0v) is 7.28. The van der Waals surface area contributed by atoms with Gasteiger partial charge < -0.3 is 5.11 Å². The highest BCUT2D eigenvalue weighted by atomic mass is 32.2. The molecule has 0 saturated heterocycles. The standard InChI is InChI=1S/C7H14O2S/c1-6(3-8)4-10-5-7(2)9/h6,8H,3-5H2,1-2H3. The Balaban J connectivity index is 3.11. The summed E-state index contributed by atoms with van der Waals surface area (Å²) in [6.45, 7) is 3.76. The van der Waals surface area contributed by atoms with Gasteiger partial charge in [-0.2, -0.15) is 11.8 Å². The molecule has 0 radical (unpaired) electrons. The Morgan fingerprint density at radius 2 is 2.30 bits per heavy atom. The van der Waals surface area contributed by atoms with E-state index in [1.54, 1.807) is 18.7 Å². The first-order chi connectivity index (χ1) is 4.66. The summed E-state index contributed by atoms with van der Waals surface area (Å²) in [6, 6.07) is 0. The summed E-state index contributed by atoms with van der Waals surface area (Å²) in [5.41, 5.74) is 0. The van der Waals surface area contributed by atoms with Crippen molar-refractivity contribution >= 4 is 17.5 Å². The monoisotopic (exact) mass is 162 g/mol. The highest BCUT2D eigenvalue weighted by Gasteiger charge is 2.00. The van der Waals surface area contributed by atoms with Gasteiger partial charge in [-0.3, -0.25) is 4.79 Å². The van der Waals surface area contributed by atoms with Crippen LogP contribution in [0, 0.1) is 5.92 Å². The van der Waals surface area contributed by atoms with Crippen molar-refractivity contribution in [1.29, 1.82) is 0 Å². The molecular weight excluding hydrogens is 148 g/mol. The molecule has 0 aromatic carbocycles. The number of aliphatic hydroxyl groups excluding tert-OH is 1. The van der Waals surface area contributed by atoms with Gasteiger partial charge in [-0.1, -0.05) is 6.92 Å². The van der Waals surface area contributed by atoms with Crippen LogP contribution < -0.4 is 0 Å². The molecule has 0 spiro atoms. The largest absolute Gasteiger partial charge is 0.396 e. The number of hydrogen-bond donors (Lipinski definition) is 1. The fourth-order valence-corrected chi connectivity index (χ4v) is 1.37. The normalized spacial score (nSPS) is 13.1. The summed E-state index contributed by atoms with van der Waals surface area (Å²) < 4.78 is 0. The zero-order valence-electron chi connectivity index (χ0n) is 6.46. The lowest BCUT2D eigenvalue weighted by molar-refractivity contribution is -0.114. The second-order valence-electron chi connectivity index (χ2n) is 2.50. The molecule has 0 bridgehead atoms. The third kappa shape index (κ3) is 6.11. The van der Waals surface area contributed by atoms with Gasteiger partial charge in [0.15, 0.2) is 0 Å². The minimum Gasteiger partial charge on any atom is -0.396 e. The maximum atomic E-state index is 10.4. The molecule has 0 aliphatic carbocycles. The summed E-state index contributed by atoms with van der Waals surface area (Å²) in [5.74, 6) is 1.96. The molecule has 3 heteroatoms. The first-order valence-corrected chi connectivity index (χ1v) is 4.50. The van der Waals surface area contributed by atoms with E-state index < -0.39 is 0 Å². The van der Waals surface area contributed by atoms with Crippen LogP contribution in [0.1, 0.15) is 13.8 Å². The van der Waals surface area contributed by atoms with E-state index in [9.17, 15) is 4.79 Å². The summed E-state index contributed by atoms with van der Waals surface area (Å²) in [7, 11) is 0. The van der Waals surface area contributed by atoms with Crippen molar-refractivity contribution in [2.45, 2.75) is 13.8 Å². The lowest BCUT2D eigenvalue weighted by Gasteiger charge is -2.04. The second-order valence-corrected chi connectivity index (χ2v) is 3.54. The number of aliphatic hydroxyl groups is 1. The average molecular weight is 162 g/mol. The van der Waals surface area contributed by atoms with Crippen LogP contribution in [0.25, 0.3) is 0 Å². The number of carbonyl (C=O) groups excluding carboxylic acids is 1. The van der Waals surface area contributed by atoms with Gasteiger partial charge in [0.1, 0.15) is 5.78 Å². The fraction of sp³-hybridized carbons (Fsp3) is 0.857. The predicted octanol–water partition coefficient (Wildman–Crippen LogP) is 0.937. The highest BCUT2D eigenvalue weighted by molar-refractivity contribution is 7.99. The number of ketones is 1. The Hall–Kier alpha value is -0.0200. The van der Waals surface area contributed by atoms with E-state index in [1.807, 2.05) is 6.92 Å². The molecule has 0 aromatic heterocycles. The van der Waals surface area contributed by atoms with E-state index in [2.05, 4.69) is 0 Å². The Morgan fingerprint density at radius 3 is 2.70 bits per heavy atom. The predicted molar refractivity (Wildman–Crippen MR) is 44.3 cm³/mol. The number of rotatable bonds is 5. The SMILES string of the molecule is CC(=O)CSCC(C)CO. The van der Waals surface area contributed by atoms with Crippen molar-refractivity contribution in [2.24, 2.45) is 5.92 Å². The summed E-state index contributed by atoms with van der Waals surface area (Å²) in [6.07, 6.45) is 0. The van der Waals surface area contributed by atoms with Crippen molar-refractivity contribution in [1.82, 2.24) is 0 Å². The summed E-state index contributed by atoms with van der Waals surface area (Å²) in [5, 5.41) is 8.60. The molecule has 2 nitrogen and oxygen atoms in total. The van der Waals surface area contributed by atoms with Gasteiger partial charge in [0.2, 0.25) is 0 Å². The van der Waals surface area contributed by atoms with Gasteiger partial charge in [-0.05, 0) is 18.6 Å². The number of thioether (sulfide) groups is 1. The third-order valence-corrected chi connectivity index (χ3v) is 2.43. The van der Waals surface area contributed by atoms with Crippen LogP contribution in [-0.2, 0) is 4.79 Å². The molecule has 1 N–H and O–H groups in total. The van der Waals surface area contributed by atoms with Crippen molar-refractivity contribution < 1.29 is 9.90 Å². The van der Waals surface area contributed by atoms with E-state index in [-0.39, 0.29) is 12.4 Å². The lowest BCUT2D eigenvalue weighted by Crippen LogP contribution is -2.05. The van der Waals surface area contributed by atoms with Crippen LogP contribution >= 0.6 is 11.8 Å². The minimum atomic E-state index is 0.204. The number of carbonyl (C=O) groups is 1. The van der Waals surface area contributed by atoms with Gasteiger partial charge in [0.05, 0.1) is 5.75 Å². The van der Waals surface area contributed by atoms with E-state index in [4.69, 9.17) is 5.11 Å². The highest BCUT2D eigenvalue weighted by Crippen LogP contribution is 2.06. The van der Waals surface area contributed by atoms with Gasteiger partial charge in [-0.15, -0.1) is 0 Å². The molecule has 0 fully saturated rings.